The van der Waals surface area contributed by atoms with Crippen molar-refractivity contribution in [3.05, 3.63) is 45.9 Å². The number of nitrogens with two attached hydrogens (primary N) is 1. The van der Waals surface area contributed by atoms with E-state index >= 15 is 0 Å². The number of pyridine rings is 1. The monoisotopic (exact) mass is 275 g/mol. The molecule has 0 aliphatic rings. The molecule has 2 aromatic heterocycles. The average molecular weight is 275 g/mol. The van der Waals surface area contributed by atoms with Gasteiger partial charge in [0.05, 0.1) is 11.3 Å². The Balaban J connectivity index is 2.06. The molecule has 2 rings (SSSR count). The molecule has 1 atom stereocenters. The molecule has 1 unspecified atom stereocenters. The lowest BCUT2D eigenvalue weighted by atomic mass is 10.1. The zero-order valence-electron chi connectivity index (χ0n) is 11.0. The van der Waals surface area contributed by atoms with E-state index < -0.39 is 5.91 Å². The molecule has 2 aromatic rings. The number of nitrogens with zero attached hydrogens (tertiary/aromatic N) is 1. The van der Waals surface area contributed by atoms with Crippen molar-refractivity contribution in [1.29, 1.82) is 0 Å². The van der Waals surface area contributed by atoms with Gasteiger partial charge in [0.2, 0.25) is 0 Å². The van der Waals surface area contributed by atoms with Crippen molar-refractivity contribution >= 4 is 22.9 Å². The van der Waals surface area contributed by atoms with Crippen molar-refractivity contribution in [1.82, 2.24) is 4.98 Å². The van der Waals surface area contributed by atoms with Gasteiger partial charge in [-0.25, -0.2) is 0 Å². The molecule has 0 aromatic carbocycles. The summed E-state index contributed by atoms with van der Waals surface area (Å²) in [4.78, 5) is 17.9. The van der Waals surface area contributed by atoms with E-state index in [1.165, 1.54) is 16.0 Å². The van der Waals surface area contributed by atoms with Gasteiger partial charge in [-0.15, -0.1) is 11.3 Å². The van der Waals surface area contributed by atoms with E-state index in [2.05, 4.69) is 36.3 Å². The lowest BCUT2D eigenvalue weighted by Gasteiger charge is -2.16. The summed E-state index contributed by atoms with van der Waals surface area (Å²) in [6.07, 6.45) is 4.06. The van der Waals surface area contributed by atoms with Crippen LogP contribution in [0.15, 0.2) is 30.6 Å². The van der Waals surface area contributed by atoms with Gasteiger partial charge in [-0.05, 0) is 32.0 Å². The minimum Gasteiger partial charge on any atom is -0.381 e. The van der Waals surface area contributed by atoms with Crippen LogP contribution in [0.4, 0.5) is 5.69 Å². The van der Waals surface area contributed by atoms with Gasteiger partial charge in [-0.2, -0.15) is 0 Å². The molecule has 0 aliphatic heterocycles. The van der Waals surface area contributed by atoms with E-state index in [0.717, 1.165) is 12.1 Å². The molecule has 2 heterocycles. The molecule has 19 heavy (non-hydrogen) atoms. The highest BCUT2D eigenvalue weighted by molar-refractivity contribution is 7.11. The number of hydrogen-bond acceptors (Lipinski definition) is 4. The van der Waals surface area contributed by atoms with Crippen LogP contribution >= 0.6 is 11.3 Å². The Morgan fingerprint density at radius 3 is 2.89 bits per heavy atom. The standard InChI is InChI=1S/C14H17N3OS/c1-9(7-11-4-3-10(2)19-11)17-13-5-6-16-8-12(13)14(15)18/h3-6,8-9H,7H2,1-2H3,(H2,15,18)(H,16,17). The first-order chi connectivity index (χ1) is 9.06. The second-order valence-electron chi connectivity index (χ2n) is 4.55. The lowest BCUT2D eigenvalue weighted by Crippen LogP contribution is -2.21. The summed E-state index contributed by atoms with van der Waals surface area (Å²) in [5, 5.41) is 3.32. The Morgan fingerprint density at radius 2 is 2.26 bits per heavy atom. The first-order valence-electron chi connectivity index (χ1n) is 6.12. The topological polar surface area (TPSA) is 68.0 Å². The van der Waals surface area contributed by atoms with Gasteiger partial charge in [-0.3, -0.25) is 9.78 Å². The van der Waals surface area contributed by atoms with Crippen LogP contribution in [-0.2, 0) is 6.42 Å². The summed E-state index contributed by atoms with van der Waals surface area (Å²) in [6, 6.07) is 6.25. The number of primary amides is 1. The van der Waals surface area contributed by atoms with Gasteiger partial charge in [0.25, 0.3) is 5.91 Å². The molecule has 0 spiro atoms. The minimum atomic E-state index is -0.463. The van der Waals surface area contributed by atoms with E-state index in [-0.39, 0.29) is 6.04 Å². The van der Waals surface area contributed by atoms with Gasteiger partial charge in [-0.1, -0.05) is 0 Å². The summed E-state index contributed by atoms with van der Waals surface area (Å²) in [6.45, 7) is 4.18. The maximum atomic E-state index is 11.3. The van der Waals surface area contributed by atoms with Crippen LogP contribution in [0.5, 0.6) is 0 Å². The molecule has 4 nitrogen and oxygen atoms in total. The van der Waals surface area contributed by atoms with Crippen molar-refractivity contribution < 1.29 is 4.79 Å². The van der Waals surface area contributed by atoms with Crippen molar-refractivity contribution in [2.45, 2.75) is 26.3 Å². The fourth-order valence-electron chi connectivity index (χ4n) is 1.93. The van der Waals surface area contributed by atoms with Crippen LogP contribution in [-0.4, -0.2) is 16.9 Å². The largest absolute Gasteiger partial charge is 0.381 e. The molecule has 0 aliphatic carbocycles. The third-order valence-corrected chi connectivity index (χ3v) is 3.81. The Morgan fingerprint density at radius 1 is 1.47 bits per heavy atom. The minimum absolute atomic E-state index is 0.221. The fraction of sp³-hybridized carbons (Fsp3) is 0.286. The highest BCUT2D eigenvalue weighted by Crippen LogP contribution is 2.19. The zero-order chi connectivity index (χ0) is 13.8. The molecule has 3 N–H and O–H groups in total. The van der Waals surface area contributed by atoms with E-state index in [0.29, 0.717) is 5.56 Å². The van der Waals surface area contributed by atoms with Crippen LogP contribution in [0.2, 0.25) is 0 Å². The van der Waals surface area contributed by atoms with Gasteiger partial charge in [0, 0.05) is 34.6 Å². The van der Waals surface area contributed by atoms with Crippen LogP contribution in [0, 0.1) is 6.92 Å². The number of rotatable bonds is 5. The predicted molar refractivity (Wildman–Crippen MR) is 78.6 cm³/mol. The van der Waals surface area contributed by atoms with Crippen molar-refractivity contribution in [2.75, 3.05) is 5.32 Å². The van der Waals surface area contributed by atoms with Crippen LogP contribution in [0.1, 0.15) is 27.0 Å². The number of aromatic nitrogens is 1. The summed E-state index contributed by atoms with van der Waals surface area (Å²) in [5.74, 6) is -0.463. The number of carbonyl (C=O) groups excluding carboxylic acids is 1. The zero-order valence-corrected chi connectivity index (χ0v) is 11.8. The Kier molecular flexibility index (Phi) is 4.16. The van der Waals surface area contributed by atoms with E-state index in [9.17, 15) is 4.79 Å². The molecule has 1 amide bonds. The van der Waals surface area contributed by atoms with E-state index in [4.69, 9.17) is 5.73 Å². The van der Waals surface area contributed by atoms with Crippen molar-refractivity contribution in [2.24, 2.45) is 5.73 Å². The fourth-order valence-corrected chi connectivity index (χ4v) is 2.95. The van der Waals surface area contributed by atoms with Gasteiger partial charge < -0.3 is 11.1 Å². The number of hydrogen-bond donors (Lipinski definition) is 2. The quantitative estimate of drug-likeness (QED) is 0.881. The summed E-state index contributed by atoms with van der Waals surface area (Å²) < 4.78 is 0. The van der Waals surface area contributed by atoms with Crippen LogP contribution in [0.25, 0.3) is 0 Å². The first kappa shape index (κ1) is 13.5. The highest BCUT2D eigenvalue weighted by atomic mass is 32.1. The summed E-state index contributed by atoms with van der Waals surface area (Å²) >= 11 is 1.79. The molecule has 0 bridgehead atoms. The molecular formula is C14H17N3OS. The number of carbonyl (C=O) groups is 1. The molecule has 0 saturated heterocycles. The van der Waals surface area contributed by atoms with Crippen molar-refractivity contribution in [3.63, 3.8) is 0 Å². The Bertz CT molecular complexity index is 580. The second-order valence-corrected chi connectivity index (χ2v) is 5.92. The van der Waals surface area contributed by atoms with Gasteiger partial charge in [0.15, 0.2) is 0 Å². The van der Waals surface area contributed by atoms with E-state index in [1.807, 2.05) is 0 Å². The molecule has 100 valence electrons. The normalized spacial score (nSPS) is 12.1. The average Bonchev–Trinajstić information content (AvgIpc) is 2.75. The third-order valence-electron chi connectivity index (χ3n) is 2.79. The third kappa shape index (κ3) is 3.54. The number of amides is 1. The first-order valence-corrected chi connectivity index (χ1v) is 6.93. The van der Waals surface area contributed by atoms with Gasteiger partial charge in [0.1, 0.15) is 0 Å². The van der Waals surface area contributed by atoms with Crippen LogP contribution in [0.3, 0.4) is 0 Å². The number of thiophene rings is 1. The number of aryl methyl sites for hydroxylation is 1. The molecule has 0 fully saturated rings. The van der Waals surface area contributed by atoms with Crippen molar-refractivity contribution in [3.8, 4) is 0 Å². The summed E-state index contributed by atoms with van der Waals surface area (Å²) in [5.41, 5.74) is 6.50. The highest BCUT2D eigenvalue weighted by Gasteiger charge is 2.11. The molecular weight excluding hydrogens is 258 g/mol. The predicted octanol–water partition coefficient (Wildman–Crippen LogP) is 2.59. The Hall–Kier alpha value is -1.88. The van der Waals surface area contributed by atoms with E-state index in [1.54, 1.807) is 23.6 Å². The van der Waals surface area contributed by atoms with Gasteiger partial charge >= 0.3 is 0 Å². The SMILES string of the molecule is Cc1ccc(CC(C)Nc2ccncc2C(N)=O)s1. The van der Waals surface area contributed by atoms with Crippen LogP contribution < -0.4 is 11.1 Å². The maximum Gasteiger partial charge on any atom is 0.252 e. The maximum absolute atomic E-state index is 11.3. The second kappa shape index (κ2) is 5.84. The summed E-state index contributed by atoms with van der Waals surface area (Å²) in [7, 11) is 0. The molecule has 5 heteroatoms. The Labute approximate surface area is 116 Å². The molecule has 0 saturated carbocycles. The molecule has 0 radical (unpaired) electrons. The number of nitrogens with one attached hydrogen (secondary N) is 1. The smallest absolute Gasteiger partial charge is 0.252 e. The lowest BCUT2D eigenvalue weighted by molar-refractivity contribution is 0.100. The number of anilines is 1.